The minimum absolute atomic E-state index is 0.0408. The summed E-state index contributed by atoms with van der Waals surface area (Å²) in [5.74, 6) is -0.269. The van der Waals surface area contributed by atoms with Gasteiger partial charge >= 0.3 is 0 Å². The van der Waals surface area contributed by atoms with Gasteiger partial charge in [0.1, 0.15) is 6.61 Å². The van der Waals surface area contributed by atoms with Gasteiger partial charge in [-0.25, -0.2) is 0 Å². The molecule has 0 aliphatic carbocycles. The molecule has 0 aromatic heterocycles. The second-order valence-corrected chi connectivity index (χ2v) is 4.69. The highest BCUT2D eigenvalue weighted by atomic mass is 35.5. The zero-order chi connectivity index (χ0) is 14.4. The maximum atomic E-state index is 11.7. The van der Waals surface area contributed by atoms with Crippen molar-refractivity contribution in [3.05, 3.63) is 59.1 Å². The number of nitrogens with one attached hydrogen (secondary N) is 1. The van der Waals surface area contributed by atoms with Gasteiger partial charge in [0.2, 0.25) is 5.91 Å². The van der Waals surface area contributed by atoms with Crippen LogP contribution in [-0.4, -0.2) is 12.5 Å². The van der Waals surface area contributed by atoms with Crippen LogP contribution in [0.5, 0.6) is 0 Å². The van der Waals surface area contributed by atoms with Crippen molar-refractivity contribution >= 4 is 28.9 Å². The Hall–Kier alpha value is -2.04. The molecule has 1 amide bonds. The molecular weight excluding hydrogens is 276 g/mol. The lowest BCUT2D eigenvalue weighted by Crippen LogP contribution is -2.19. The Morgan fingerprint density at radius 2 is 1.95 bits per heavy atom. The van der Waals surface area contributed by atoms with Crippen molar-refractivity contribution in [1.29, 1.82) is 0 Å². The number of carbonyl (C=O) groups excluding carboxylic acids is 1. The molecule has 2 rings (SSSR count). The standard InChI is InChI=1S/C15H15ClN2O2/c16-12-6-7-13(17)14(8-12)18-15(19)10-20-9-11-4-2-1-3-5-11/h1-8H,9-10,17H2,(H,18,19). The van der Waals surface area contributed by atoms with Gasteiger partial charge in [0.15, 0.2) is 0 Å². The van der Waals surface area contributed by atoms with Crippen LogP contribution >= 0.6 is 11.6 Å². The zero-order valence-electron chi connectivity index (χ0n) is 10.8. The molecule has 0 fully saturated rings. The van der Waals surface area contributed by atoms with Gasteiger partial charge in [-0.15, -0.1) is 0 Å². The summed E-state index contributed by atoms with van der Waals surface area (Å²) in [6, 6.07) is 14.6. The number of hydrogen-bond donors (Lipinski definition) is 2. The highest BCUT2D eigenvalue weighted by Crippen LogP contribution is 2.22. The third kappa shape index (κ3) is 4.26. The van der Waals surface area contributed by atoms with Crippen LogP contribution in [0.25, 0.3) is 0 Å². The average Bonchev–Trinajstić information content (AvgIpc) is 2.44. The number of anilines is 2. The number of benzene rings is 2. The van der Waals surface area contributed by atoms with E-state index in [0.29, 0.717) is 23.0 Å². The first kappa shape index (κ1) is 14.4. The Morgan fingerprint density at radius 3 is 2.70 bits per heavy atom. The number of nitrogens with two attached hydrogens (primary N) is 1. The highest BCUT2D eigenvalue weighted by molar-refractivity contribution is 6.31. The third-order valence-corrected chi connectivity index (χ3v) is 2.87. The van der Waals surface area contributed by atoms with Crippen LogP contribution in [0.15, 0.2) is 48.5 Å². The molecule has 104 valence electrons. The first-order valence-corrected chi connectivity index (χ1v) is 6.49. The molecular formula is C15H15ClN2O2. The topological polar surface area (TPSA) is 64.3 Å². The van der Waals surface area contributed by atoms with Crippen LogP contribution in [0.3, 0.4) is 0 Å². The molecule has 0 bridgehead atoms. The van der Waals surface area contributed by atoms with Gasteiger partial charge in [0.05, 0.1) is 18.0 Å². The van der Waals surface area contributed by atoms with Crippen molar-refractivity contribution in [2.24, 2.45) is 0 Å². The van der Waals surface area contributed by atoms with E-state index in [2.05, 4.69) is 5.32 Å². The van der Waals surface area contributed by atoms with Crippen LogP contribution in [0, 0.1) is 0 Å². The van der Waals surface area contributed by atoms with E-state index in [9.17, 15) is 4.79 Å². The summed E-state index contributed by atoms with van der Waals surface area (Å²) in [4.78, 5) is 11.7. The first-order valence-electron chi connectivity index (χ1n) is 6.11. The smallest absolute Gasteiger partial charge is 0.250 e. The van der Waals surface area contributed by atoms with E-state index in [4.69, 9.17) is 22.1 Å². The predicted octanol–water partition coefficient (Wildman–Crippen LogP) is 3.08. The zero-order valence-corrected chi connectivity index (χ0v) is 11.6. The Bertz CT molecular complexity index is 588. The monoisotopic (exact) mass is 290 g/mol. The van der Waals surface area contributed by atoms with Gasteiger partial charge in [-0.3, -0.25) is 4.79 Å². The number of amides is 1. The molecule has 0 saturated heterocycles. The number of ether oxygens (including phenoxy) is 1. The van der Waals surface area contributed by atoms with E-state index in [1.807, 2.05) is 30.3 Å². The lowest BCUT2D eigenvalue weighted by atomic mass is 10.2. The molecule has 2 aromatic carbocycles. The molecule has 2 aromatic rings. The molecule has 5 heteroatoms. The molecule has 4 nitrogen and oxygen atoms in total. The van der Waals surface area contributed by atoms with E-state index in [0.717, 1.165) is 5.56 Å². The Balaban J connectivity index is 1.82. The fraction of sp³-hybridized carbons (Fsp3) is 0.133. The quantitative estimate of drug-likeness (QED) is 0.832. The van der Waals surface area contributed by atoms with Gasteiger partial charge in [-0.1, -0.05) is 41.9 Å². The lowest BCUT2D eigenvalue weighted by molar-refractivity contribution is -0.121. The van der Waals surface area contributed by atoms with Crippen LogP contribution in [0.1, 0.15) is 5.56 Å². The second kappa shape index (κ2) is 6.93. The van der Waals surface area contributed by atoms with Crippen molar-refractivity contribution in [3.8, 4) is 0 Å². The maximum Gasteiger partial charge on any atom is 0.250 e. The summed E-state index contributed by atoms with van der Waals surface area (Å²) >= 11 is 5.85. The third-order valence-electron chi connectivity index (χ3n) is 2.63. The number of rotatable bonds is 5. The van der Waals surface area contributed by atoms with E-state index < -0.39 is 0 Å². The lowest BCUT2D eigenvalue weighted by Gasteiger charge is -2.09. The van der Waals surface area contributed by atoms with Gasteiger partial charge in [0, 0.05) is 5.02 Å². The Kier molecular flexibility index (Phi) is 4.98. The largest absolute Gasteiger partial charge is 0.397 e. The van der Waals surface area contributed by atoms with Crippen molar-refractivity contribution < 1.29 is 9.53 Å². The Morgan fingerprint density at radius 1 is 1.20 bits per heavy atom. The predicted molar refractivity (Wildman–Crippen MR) is 80.6 cm³/mol. The molecule has 0 saturated carbocycles. The average molecular weight is 291 g/mol. The van der Waals surface area contributed by atoms with Gasteiger partial charge in [0.25, 0.3) is 0 Å². The van der Waals surface area contributed by atoms with Crippen molar-refractivity contribution in [1.82, 2.24) is 0 Å². The molecule has 3 N–H and O–H groups in total. The fourth-order valence-electron chi connectivity index (χ4n) is 1.66. The summed E-state index contributed by atoms with van der Waals surface area (Å²) in [5, 5.41) is 3.18. The van der Waals surface area contributed by atoms with E-state index >= 15 is 0 Å². The summed E-state index contributed by atoms with van der Waals surface area (Å²) in [5.41, 5.74) is 7.71. The molecule has 0 aliphatic rings. The van der Waals surface area contributed by atoms with Gasteiger partial charge in [-0.05, 0) is 23.8 Å². The summed E-state index contributed by atoms with van der Waals surface area (Å²) in [6.07, 6.45) is 0. The number of hydrogen-bond acceptors (Lipinski definition) is 3. The van der Waals surface area contributed by atoms with Gasteiger partial charge < -0.3 is 15.8 Å². The number of halogens is 1. The highest BCUT2D eigenvalue weighted by Gasteiger charge is 2.06. The van der Waals surface area contributed by atoms with Crippen LogP contribution < -0.4 is 11.1 Å². The van der Waals surface area contributed by atoms with E-state index in [1.165, 1.54) is 0 Å². The molecule has 0 heterocycles. The SMILES string of the molecule is Nc1ccc(Cl)cc1NC(=O)COCc1ccccc1. The van der Waals surface area contributed by atoms with Gasteiger partial charge in [-0.2, -0.15) is 0 Å². The summed E-state index contributed by atoms with van der Waals surface area (Å²) in [7, 11) is 0. The second-order valence-electron chi connectivity index (χ2n) is 4.26. The normalized spacial score (nSPS) is 10.2. The molecule has 0 aliphatic heterocycles. The van der Waals surface area contributed by atoms with E-state index in [-0.39, 0.29) is 12.5 Å². The molecule has 0 unspecified atom stereocenters. The van der Waals surface area contributed by atoms with Crippen molar-refractivity contribution in [2.75, 3.05) is 17.7 Å². The van der Waals surface area contributed by atoms with Crippen LogP contribution in [0.4, 0.5) is 11.4 Å². The van der Waals surface area contributed by atoms with Crippen LogP contribution in [-0.2, 0) is 16.1 Å². The Labute approximate surface area is 122 Å². The molecule has 0 spiro atoms. The van der Waals surface area contributed by atoms with Crippen LogP contribution in [0.2, 0.25) is 5.02 Å². The van der Waals surface area contributed by atoms with Crippen molar-refractivity contribution in [2.45, 2.75) is 6.61 Å². The number of nitrogen functional groups attached to an aromatic ring is 1. The molecule has 0 radical (unpaired) electrons. The minimum Gasteiger partial charge on any atom is -0.397 e. The maximum absolute atomic E-state index is 11.7. The van der Waals surface area contributed by atoms with Crippen molar-refractivity contribution in [3.63, 3.8) is 0 Å². The summed E-state index contributed by atoms with van der Waals surface area (Å²) < 4.78 is 5.34. The van der Waals surface area contributed by atoms with E-state index in [1.54, 1.807) is 18.2 Å². The number of carbonyl (C=O) groups is 1. The first-order chi connectivity index (χ1) is 9.65. The fourth-order valence-corrected chi connectivity index (χ4v) is 1.83. The molecule has 20 heavy (non-hydrogen) atoms. The summed E-state index contributed by atoms with van der Waals surface area (Å²) in [6.45, 7) is 0.347. The minimum atomic E-state index is -0.269. The molecule has 0 atom stereocenters.